The summed E-state index contributed by atoms with van der Waals surface area (Å²) in [6.45, 7) is 10.1. The van der Waals surface area contributed by atoms with Gasteiger partial charge in [0.1, 0.15) is 12.2 Å². The van der Waals surface area contributed by atoms with Crippen LogP contribution in [0.3, 0.4) is 0 Å². The predicted molar refractivity (Wildman–Crippen MR) is 128 cm³/mol. The van der Waals surface area contributed by atoms with Gasteiger partial charge >= 0.3 is 12.2 Å². The molecular formula is C25H41N3O5. The predicted octanol–water partition coefficient (Wildman–Crippen LogP) is 5.18. The third-order valence-corrected chi connectivity index (χ3v) is 4.83. The Bertz CT molecular complexity index is 719. The average Bonchev–Trinajstić information content (AvgIpc) is 2.76. The molecule has 1 rings (SSSR count). The van der Waals surface area contributed by atoms with Crippen molar-refractivity contribution in [2.45, 2.75) is 85.4 Å². The van der Waals surface area contributed by atoms with Crippen molar-refractivity contribution in [3.8, 4) is 0 Å². The molecule has 0 heterocycles. The molecule has 2 N–H and O–H groups in total. The van der Waals surface area contributed by atoms with Crippen LogP contribution < -0.4 is 10.7 Å². The SMILES string of the molecule is CCCCC[C@H](CNC(=O)OCc1ccccc1)C(=O)NN(CCCC)C(=O)OC(C)(C)C. The first-order valence-corrected chi connectivity index (χ1v) is 11.9. The molecule has 8 heteroatoms. The highest BCUT2D eigenvalue weighted by atomic mass is 16.6. The van der Waals surface area contributed by atoms with E-state index in [-0.39, 0.29) is 19.1 Å². The Morgan fingerprint density at radius 2 is 1.67 bits per heavy atom. The van der Waals surface area contributed by atoms with E-state index in [2.05, 4.69) is 17.7 Å². The van der Waals surface area contributed by atoms with E-state index in [0.29, 0.717) is 13.0 Å². The molecule has 0 radical (unpaired) electrons. The lowest BCUT2D eigenvalue weighted by Gasteiger charge is -2.29. The first-order chi connectivity index (χ1) is 15.7. The molecule has 33 heavy (non-hydrogen) atoms. The summed E-state index contributed by atoms with van der Waals surface area (Å²) in [5.74, 6) is -0.816. The summed E-state index contributed by atoms with van der Waals surface area (Å²) in [7, 11) is 0. The van der Waals surface area contributed by atoms with Crippen LogP contribution in [0, 0.1) is 5.92 Å². The van der Waals surface area contributed by atoms with Gasteiger partial charge in [-0.05, 0) is 39.2 Å². The molecule has 0 aromatic heterocycles. The van der Waals surface area contributed by atoms with Gasteiger partial charge < -0.3 is 14.8 Å². The highest BCUT2D eigenvalue weighted by Gasteiger charge is 2.26. The van der Waals surface area contributed by atoms with Crippen molar-refractivity contribution in [3.63, 3.8) is 0 Å². The molecule has 0 saturated carbocycles. The topological polar surface area (TPSA) is 97.0 Å². The van der Waals surface area contributed by atoms with Crippen LogP contribution in [0.4, 0.5) is 9.59 Å². The maximum Gasteiger partial charge on any atom is 0.429 e. The third-order valence-electron chi connectivity index (χ3n) is 4.83. The van der Waals surface area contributed by atoms with Gasteiger partial charge in [0.2, 0.25) is 5.91 Å². The molecule has 0 aliphatic heterocycles. The highest BCUT2D eigenvalue weighted by Crippen LogP contribution is 2.13. The molecular weight excluding hydrogens is 422 g/mol. The van der Waals surface area contributed by atoms with Gasteiger partial charge in [0.05, 0.1) is 5.92 Å². The van der Waals surface area contributed by atoms with Crippen LogP contribution in [0.25, 0.3) is 0 Å². The zero-order chi connectivity index (χ0) is 24.7. The zero-order valence-corrected chi connectivity index (χ0v) is 20.8. The van der Waals surface area contributed by atoms with Crippen molar-refractivity contribution < 1.29 is 23.9 Å². The van der Waals surface area contributed by atoms with Crippen molar-refractivity contribution in [2.24, 2.45) is 5.92 Å². The Balaban J connectivity index is 2.71. The largest absolute Gasteiger partial charge is 0.445 e. The Morgan fingerprint density at radius 1 is 1.00 bits per heavy atom. The quantitative estimate of drug-likeness (QED) is 0.329. The smallest absolute Gasteiger partial charge is 0.429 e. The van der Waals surface area contributed by atoms with Gasteiger partial charge in [-0.15, -0.1) is 0 Å². The lowest BCUT2D eigenvalue weighted by Crippen LogP contribution is -2.51. The summed E-state index contributed by atoms with van der Waals surface area (Å²) in [4.78, 5) is 37.7. The Kier molecular flexibility index (Phi) is 13.0. The first-order valence-electron chi connectivity index (χ1n) is 11.9. The molecule has 186 valence electrons. The van der Waals surface area contributed by atoms with Crippen molar-refractivity contribution in [1.29, 1.82) is 0 Å². The summed E-state index contributed by atoms with van der Waals surface area (Å²) in [6.07, 6.45) is 3.85. The number of carbonyl (C=O) groups is 3. The van der Waals surface area contributed by atoms with Gasteiger partial charge in [0.25, 0.3) is 0 Å². The number of hydrogen-bond acceptors (Lipinski definition) is 5. The minimum Gasteiger partial charge on any atom is -0.445 e. The molecule has 0 aliphatic carbocycles. The summed E-state index contributed by atoms with van der Waals surface area (Å²) in [6, 6.07) is 9.38. The molecule has 8 nitrogen and oxygen atoms in total. The van der Waals surface area contributed by atoms with Gasteiger partial charge in [-0.25, -0.2) is 14.6 Å². The molecule has 1 aromatic rings. The first kappa shape index (κ1) is 28.3. The lowest BCUT2D eigenvalue weighted by molar-refractivity contribution is -0.130. The standard InChI is InChI=1S/C25H41N3O5/c1-6-8-11-16-21(18-26-23(30)32-19-20-14-12-10-13-15-20)22(29)27-28(17-9-7-2)24(31)33-25(3,4)5/h10,12-15,21H,6-9,11,16-19H2,1-5H3,(H,26,30)(H,27,29)/t21-/m1/s1. The molecule has 0 saturated heterocycles. The van der Waals surface area contributed by atoms with E-state index >= 15 is 0 Å². The minimum atomic E-state index is -0.670. The van der Waals surface area contributed by atoms with E-state index < -0.39 is 23.7 Å². The van der Waals surface area contributed by atoms with Gasteiger partial charge in [-0.3, -0.25) is 10.2 Å². The lowest BCUT2D eigenvalue weighted by atomic mass is 10.0. The number of nitrogens with one attached hydrogen (secondary N) is 2. The fourth-order valence-corrected chi connectivity index (χ4v) is 3.00. The van der Waals surface area contributed by atoms with Crippen molar-refractivity contribution in [2.75, 3.05) is 13.1 Å². The zero-order valence-electron chi connectivity index (χ0n) is 20.8. The van der Waals surface area contributed by atoms with E-state index in [0.717, 1.165) is 37.7 Å². The molecule has 3 amide bonds. The number of hydrazine groups is 1. The minimum absolute atomic E-state index is 0.124. The van der Waals surface area contributed by atoms with E-state index in [1.807, 2.05) is 37.3 Å². The average molecular weight is 464 g/mol. The number of nitrogens with zero attached hydrogens (tertiary/aromatic N) is 1. The normalized spacial score (nSPS) is 11.9. The Labute approximate surface area is 198 Å². The van der Waals surface area contributed by atoms with E-state index in [1.165, 1.54) is 5.01 Å². The summed E-state index contributed by atoms with van der Waals surface area (Å²) in [5, 5.41) is 3.92. The molecule has 1 atom stereocenters. The second kappa shape index (κ2) is 15.1. The maximum atomic E-state index is 13.0. The molecule has 0 aliphatic rings. The Hall–Kier alpha value is -2.77. The van der Waals surface area contributed by atoms with E-state index in [4.69, 9.17) is 9.47 Å². The summed E-state index contributed by atoms with van der Waals surface area (Å²) < 4.78 is 10.7. The van der Waals surface area contributed by atoms with Gasteiger partial charge in [-0.2, -0.15) is 0 Å². The number of rotatable bonds is 12. The van der Waals surface area contributed by atoms with Crippen molar-refractivity contribution in [1.82, 2.24) is 15.8 Å². The van der Waals surface area contributed by atoms with Crippen LogP contribution in [-0.4, -0.2) is 41.8 Å². The van der Waals surface area contributed by atoms with E-state index in [1.54, 1.807) is 20.8 Å². The monoisotopic (exact) mass is 463 g/mol. The number of unbranched alkanes of at least 4 members (excludes halogenated alkanes) is 3. The van der Waals surface area contributed by atoms with Gasteiger partial charge in [0, 0.05) is 13.1 Å². The fourth-order valence-electron chi connectivity index (χ4n) is 3.00. The third kappa shape index (κ3) is 12.7. The second-order valence-corrected chi connectivity index (χ2v) is 9.10. The van der Waals surface area contributed by atoms with Crippen LogP contribution in [0.5, 0.6) is 0 Å². The number of hydrogen-bond donors (Lipinski definition) is 2. The van der Waals surface area contributed by atoms with Crippen LogP contribution >= 0.6 is 0 Å². The molecule has 0 spiro atoms. The molecule has 0 unspecified atom stereocenters. The molecule has 0 bridgehead atoms. The van der Waals surface area contributed by atoms with Gasteiger partial charge in [-0.1, -0.05) is 69.9 Å². The van der Waals surface area contributed by atoms with Crippen LogP contribution in [0.15, 0.2) is 30.3 Å². The Morgan fingerprint density at radius 3 is 2.27 bits per heavy atom. The summed E-state index contributed by atoms with van der Waals surface area (Å²) >= 11 is 0. The fraction of sp³-hybridized carbons (Fsp3) is 0.640. The molecule has 0 fully saturated rings. The van der Waals surface area contributed by atoms with Crippen LogP contribution in [-0.2, 0) is 20.9 Å². The number of ether oxygens (including phenoxy) is 2. The second-order valence-electron chi connectivity index (χ2n) is 9.10. The van der Waals surface area contributed by atoms with E-state index in [9.17, 15) is 14.4 Å². The van der Waals surface area contributed by atoms with Crippen LogP contribution in [0.1, 0.15) is 78.7 Å². The number of alkyl carbamates (subject to hydrolysis) is 1. The highest BCUT2D eigenvalue weighted by molar-refractivity contribution is 5.82. The van der Waals surface area contributed by atoms with Crippen molar-refractivity contribution in [3.05, 3.63) is 35.9 Å². The van der Waals surface area contributed by atoms with Gasteiger partial charge in [0.15, 0.2) is 0 Å². The summed E-state index contributed by atoms with van der Waals surface area (Å²) in [5.41, 5.74) is 2.92. The number of carbonyl (C=O) groups excluding carboxylic acids is 3. The molecule has 1 aromatic carbocycles. The van der Waals surface area contributed by atoms with Crippen LogP contribution in [0.2, 0.25) is 0 Å². The number of amides is 3. The number of benzene rings is 1. The maximum absolute atomic E-state index is 13.0. The van der Waals surface area contributed by atoms with Crippen molar-refractivity contribution >= 4 is 18.1 Å².